The number of hydrogen-bond acceptors (Lipinski definition) is 8. The molecular weight excluding hydrogens is 392 g/mol. The summed E-state index contributed by atoms with van der Waals surface area (Å²) in [6, 6.07) is 17.5. The van der Waals surface area contributed by atoms with Crippen LogP contribution in [-0.2, 0) is 13.1 Å². The van der Waals surface area contributed by atoms with Crippen molar-refractivity contribution in [2.75, 3.05) is 25.2 Å². The summed E-state index contributed by atoms with van der Waals surface area (Å²) in [7, 11) is 3.61. The Morgan fingerprint density at radius 2 is 1.77 bits per heavy atom. The third-order valence-corrected chi connectivity index (χ3v) is 4.57. The number of nitrogens with one attached hydrogen (secondary N) is 1. The number of ether oxygens (including phenoxy) is 1. The molecule has 0 fully saturated rings. The summed E-state index contributed by atoms with van der Waals surface area (Å²) >= 11 is 0. The molecule has 0 radical (unpaired) electrons. The number of nitrogens with zero attached hydrogens (tertiary/aromatic N) is 6. The highest BCUT2D eigenvalue weighted by molar-refractivity contribution is 5.62. The average Bonchev–Trinajstić information content (AvgIpc) is 3.22. The molecule has 0 aliphatic carbocycles. The fourth-order valence-corrected chi connectivity index (χ4v) is 3.21. The van der Waals surface area contributed by atoms with Gasteiger partial charge in [0, 0.05) is 18.3 Å². The highest BCUT2D eigenvalue weighted by Crippen LogP contribution is 2.25. The molecular formula is C22H24N8O. The molecule has 0 atom stereocenters. The van der Waals surface area contributed by atoms with Crippen molar-refractivity contribution in [1.82, 2.24) is 29.6 Å². The predicted octanol–water partition coefficient (Wildman–Crippen LogP) is 3.02. The number of nitrogen functional groups attached to an aromatic ring is 1. The van der Waals surface area contributed by atoms with Gasteiger partial charge in [-0.15, -0.1) is 0 Å². The molecule has 0 aliphatic heterocycles. The lowest BCUT2D eigenvalue weighted by atomic mass is 10.3. The van der Waals surface area contributed by atoms with Crippen molar-refractivity contribution in [3.8, 4) is 11.4 Å². The van der Waals surface area contributed by atoms with Gasteiger partial charge >= 0.3 is 0 Å². The van der Waals surface area contributed by atoms with Crippen molar-refractivity contribution < 1.29 is 4.74 Å². The number of benzene rings is 2. The topological polar surface area (TPSA) is 107 Å². The lowest BCUT2D eigenvalue weighted by molar-refractivity contribution is 0.310. The molecule has 2 aromatic carbocycles. The van der Waals surface area contributed by atoms with E-state index in [9.17, 15) is 0 Å². The van der Waals surface area contributed by atoms with Gasteiger partial charge in [-0.05, 0) is 31.3 Å². The molecule has 0 saturated carbocycles. The second-order valence-electron chi connectivity index (χ2n) is 7.06. The minimum atomic E-state index is 0.160. The van der Waals surface area contributed by atoms with Gasteiger partial charge < -0.3 is 15.8 Å². The Morgan fingerprint density at radius 1 is 1.00 bits per heavy atom. The maximum atomic E-state index is 5.91. The summed E-state index contributed by atoms with van der Waals surface area (Å²) in [5.41, 5.74) is 8.77. The van der Waals surface area contributed by atoms with Crippen LogP contribution in [0, 0.1) is 0 Å². The minimum absolute atomic E-state index is 0.160. The predicted molar refractivity (Wildman–Crippen MR) is 119 cm³/mol. The number of nitrogens with two attached hydrogens (primary N) is 1. The maximum Gasteiger partial charge on any atom is 0.232 e. The van der Waals surface area contributed by atoms with E-state index in [0.29, 0.717) is 30.6 Å². The third kappa shape index (κ3) is 5.14. The van der Waals surface area contributed by atoms with Crippen molar-refractivity contribution in [3.63, 3.8) is 0 Å². The van der Waals surface area contributed by atoms with Crippen molar-refractivity contribution in [3.05, 3.63) is 78.4 Å². The van der Waals surface area contributed by atoms with Gasteiger partial charge in [0.25, 0.3) is 0 Å². The number of anilines is 3. The lowest BCUT2D eigenvalue weighted by Gasteiger charge is -2.15. The van der Waals surface area contributed by atoms with Crippen molar-refractivity contribution in [1.29, 1.82) is 0 Å². The van der Waals surface area contributed by atoms with Gasteiger partial charge in [-0.2, -0.15) is 20.1 Å². The SMILES string of the molecule is COc1ccccc1Nc1nc(N)nc(CN(C)Cc2cnn(-c3ccccc3)c2)n1. The van der Waals surface area contributed by atoms with Crippen LogP contribution in [0.3, 0.4) is 0 Å². The Kier molecular flexibility index (Phi) is 6.04. The molecule has 0 amide bonds. The van der Waals surface area contributed by atoms with E-state index < -0.39 is 0 Å². The molecule has 4 aromatic rings. The molecule has 2 aromatic heterocycles. The van der Waals surface area contributed by atoms with Gasteiger partial charge in [0.05, 0.1) is 31.2 Å². The first-order chi connectivity index (χ1) is 15.1. The van der Waals surface area contributed by atoms with Gasteiger partial charge in [-0.1, -0.05) is 30.3 Å². The zero-order valence-electron chi connectivity index (χ0n) is 17.4. The van der Waals surface area contributed by atoms with Crippen LogP contribution in [0.1, 0.15) is 11.4 Å². The molecule has 0 saturated heterocycles. The molecule has 0 aliphatic rings. The molecule has 158 valence electrons. The molecule has 0 spiro atoms. The molecule has 9 heteroatoms. The zero-order valence-corrected chi connectivity index (χ0v) is 17.4. The van der Waals surface area contributed by atoms with Crippen LogP contribution in [0.25, 0.3) is 5.69 Å². The molecule has 3 N–H and O–H groups in total. The smallest absolute Gasteiger partial charge is 0.232 e. The van der Waals surface area contributed by atoms with Gasteiger partial charge in [-0.25, -0.2) is 4.68 Å². The highest BCUT2D eigenvalue weighted by Gasteiger charge is 2.11. The summed E-state index contributed by atoms with van der Waals surface area (Å²) in [5.74, 6) is 1.79. The third-order valence-electron chi connectivity index (χ3n) is 4.57. The second-order valence-corrected chi connectivity index (χ2v) is 7.06. The first-order valence-corrected chi connectivity index (χ1v) is 9.78. The van der Waals surface area contributed by atoms with Crippen LogP contribution in [0.15, 0.2) is 67.0 Å². The van der Waals surface area contributed by atoms with E-state index in [1.807, 2.05) is 78.7 Å². The van der Waals surface area contributed by atoms with E-state index in [0.717, 1.165) is 16.9 Å². The quantitative estimate of drug-likeness (QED) is 0.451. The first kappa shape index (κ1) is 20.3. The number of para-hydroxylation sites is 3. The monoisotopic (exact) mass is 416 g/mol. The fraction of sp³-hybridized carbons (Fsp3) is 0.182. The molecule has 2 heterocycles. The Labute approximate surface area is 180 Å². The van der Waals surface area contributed by atoms with Crippen LogP contribution in [0.5, 0.6) is 5.75 Å². The molecule has 0 bridgehead atoms. The van der Waals surface area contributed by atoms with Gasteiger partial charge in [0.15, 0.2) is 0 Å². The molecule has 9 nitrogen and oxygen atoms in total. The van der Waals surface area contributed by atoms with E-state index in [-0.39, 0.29) is 5.95 Å². The first-order valence-electron chi connectivity index (χ1n) is 9.78. The van der Waals surface area contributed by atoms with Crippen LogP contribution < -0.4 is 15.8 Å². The van der Waals surface area contributed by atoms with Crippen LogP contribution >= 0.6 is 0 Å². The molecule has 4 rings (SSSR count). The van der Waals surface area contributed by atoms with E-state index in [1.165, 1.54) is 0 Å². The summed E-state index contributed by atoms with van der Waals surface area (Å²) < 4.78 is 7.22. The van der Waals surface area contributed by atoms with Crippen LogP contribution in [-0.4, -0.2) is 43.8 Å². The van der Waals surface area contributed by atoms with Gasteiger partial charge in [0.1, 0.15) is 11.6 Å². The van der Waals surface area contributed by atoms with Gasteiger partial charge in [0.2, 0.25) is 11.9 Å². The normalized spacial score (nSPS) is 10.9. The Morgan fingerprint density at radius 3 is 2.58 bits per heavy atom. The van der Waals surface area contributed by atoms with E-state index in [4.69, 9.17) is 10.5 Å². The Hall–Kier alpha value is -3.98. The van der Waals surface area contributed by atoms with Gasteiger partial charge in [-0.3, -0.25) is 4.90 Å². The molecule has 31 heavy (non-hydrogen) atoms. The highest BCUT2D eigenvalue weighted by atomic mass is 16.5. The van der Waals surface area contributed by atoms with Crippen LogP contribution in [0.4, 0.5) is 17.6 Å². The van der Waals surface area contributed by atoms with E-state index in [1.54, 1.807) is 7.11 Å². The van der Waals surface area contributed by atoms with Crippen molar-refractivity contribution in [2.24, 2.45) is 0 Å². The number of hydrogen-bond donors (Lipinski definition) is 2. The fourth-order valence-electron chi connectivity index (χ4n) is 3.21. The summed E-state index contributed by atoms with van der Waals surface area (Å²) in [4.78, 5) is 15.1. The van der Waals surface area contributed by atoms with E-state index in [2.05, 4.69) is 30.3 Å². The molecule has 0 unspecified atom stereocenters. The van der Waals surface area contributed by atoms with Crippen molar-refractivity contribution in [2.45, 2.75) is 13.1 Å². The number of rotatable bonds is 8. The number of aromatic nitrogens is 5. The van der Waals surface area contributed by atoms with Crippen molar-refractivity contribution >= 4 is 17.6 Å². The standard InChI is InChI=1S/C22H24N8O/c1-29(13-16-12-24-30(14-16)17-8-4-3-5-9-17)15-20-26-21(23)28-22(27-20)25-18-10-6-7-11-19(18)31-2/h3-12,14H,13,15H2,1-2H3,(H3,23,25,26,27,28). The average molecular weight is 416 g/mol. The van der Waals surface area contributed by atoms with Crippen LogP contribution in [0.2, 0.25) is 0 Å². The summed E-state index contributed by atoms with van der Waals surface area (Å²) in [5, 5.41) is 7.59. The second kappa shape index (κ2) is 9.23. The summed E-state index contributed by atoms with van der Waals surface area (Å²) in [6.07, 6.45) is 3.88. The van der Waals surface area contributed by atoms with E-state index >= 15 is 0 Å². The zero-order chi connectivity index (χ0) is 21.6. The summed E-state index contributed by atoms with van der Waals surface area (Å²) in [6.45, 7) is 1.19. The Balaban J connectivity index is 1.44. The lowest BCUT2D eigenvalue weighted by Crippen LogP contribution is -2.20. The Bertz CT molecular complexity index is 1150. The minimum Gasteiger partial charge on any atom is -0.495 e. The number of methoxy groups -OCH3 is 1. The largest absolute Gasteiger partial charge is 0.495 e. The maximum absolute atomic E-state index is 5.91.